The molecule has 2 fully saturated rings. The Balaban J connectivity index is 1.94. The largest absolute Gasteiger partial charge is 0.338 e. The third-order valence-electron chi connectivity index (χ3n) is 3.95. The first-order chi connectivity index (χ1) is 8.47. The quantitative estimate of drug-likeness (QED) is 0.821. The van der Waals surface area contributed by atoms with Crippen molar-refractivity contribution >= 4 is 15.9 Å². The molecular weight excluding hydrogens is 252 g/mol. The van der Waals surface area contributed by atoms with Gasteiger partial charge in [0, 0.05) is 25.0 Å². The number of sulfonamides is 1. The molecule has 0 radical (unpaired) electrons. The number of hydrogen-bond donors (Lipinski definition) is 1. The maximum atomic E-state index is 12.3. The molecule has 18 heavy (non-hydrogen) atoms. The highest BCUT2D eigenvalue weighted by Gasteiger charge is 2.34. The van der Waals surface area contributed by atoms with E-state index in [4.69, 9.17) is 0 Å². The van der Waals surface area contributed by atoms with Crippen LogP contribution in [0.15, 0.2) is 0 Å². The Labute approximate surface area is 109 Å². The highest BCUT2D eigenvalue weighted by atomic mass is 32.2. The molecule has 1 aliphatic carbocycles. The highest BCUT2D eigenvalue weighted by molar-refractivity contribution is 7.88. The molecule has 1 N–H and O–H groups in total. The Hall–Kier alpha value is -0.620. The molecule has 2 rings (SSSR count). The van der Waals surface area contributed by atoms with Crippen LogP contribution in [0.25, 0.3) is 0 Å². The van der Waals surface area contributed by atoms with Crippen molar-refractivity contribution in [2.45, 2.75) is 44.6 Å². The molecule has 1 amide bonds. The van der Waals surface area contributed by atoms with Crippen LogP contribution in [0, 0.1) is 5.92 Å². The van der Waals surface area contributed by atoms with Crippen molar-refractivity contribution < 1.29 is 13.2 Å². The van der Waals surface area contributed by atoms with Gasteiger partial charge in [-0.15, -0.1) is 0 Å². The van der Waals surface area contributed by atoms with E-state index in [1.54, 1.807) is 0 Å². The topological polar surface area (TPSA) is 66.5 Å². The molecule has 6 heteroatoms. The first-order valence-corrected chi connectivity index (χ1v) is 8.61. The van der Waals surface area contributed by atoms with E-state index in [0.29, 0.717) is 6.54 Å². The summed E-state index contributed by atoms with van der Waals surface area (Å²) < 4.78 is 24.8. The van der Waals surface area contributed by atoms with Crippen LogP contribution < -0.4 is 4.72 Å². The van der Waals surface area contributed by atoms with Gasteiger partial charge in [-0.05, 0) is 32.1 Å². The van der Waals surface area contributed by atoms with Gasteiger partial charge in [0.2, 0.25) is 15.9 Å². The Bertz CT molecular complexity index is 404. The Morgan fingerprint density at radius 2 is 1.94 bits per heavy atom. The van der Waals surface area contributed by atoms with Crippen LogP contribution >= 0.6 is 0 Å². The summed E-state index contributed by atoms with van der Waals surface area (Å²) in [5.41, 5.74) is 0. The smallest absolute Gasteiger partial charge is 0.225 e. The van der Waals surface area contributed by atoms with Crippen LogP contribution in [0.3, 0.4) is 0 Å². The van der Waals surface area contributed by atoms with Crippen LogP contribution in [-0.2, 0) is 14.8 Å². The molecule has 2 aliphatic rings. The summed E-state index contributed by atoms with van der Waals surface area (Å²) >= 11 is 0. The lowest BCUT2D eigenvalue weighted by Crippen LogP contribution is -2.51. The van der Waals surface area contributed by atoms with Crippen LogP contribution in [0.1, 0.15) is 38.5 Å². The zero-order valence-electron chi connectivity index (χ0n) is 10.9. The van der Waals surface area contributed by atoms with E-state index in [2.05, 4.69) is 4.72 Å². The van der Waals surface area contributed by atoms with Gasteiger partial charge < -0.3 is 4.90 Å². The molecule has 1 heterocycles. The van der Waals surface area contributed by atoms with Gasteiger partial charge in [-0.1, -0.05) is 6.42 Å². The number of piperidine rings is 1. The molecule has 104 valence electrons. The maximum absolute atomic E-state index is 12.3. The minimum atomic E-state index is -3.17. The van der Waals surface area contributed by atoms with Crippen molar-refractivity contribution in [1.82, 2.24) is 9.62 Å². The fraction of sp³-hybridized carbons (Fsp3) is 0.917. The number of nitrogens with zero attached hydrogens (tertiary/aromatic N) is 1. The lowest BCUT2D eigenvalue weighted by atomic mass is 9.83. The average Bonchev–Trinajstić information content (AvgIpc) is 2.23. The van der Waals surface area contributed by atoms with E-state index in [9.17, 15) is 13.2 Å². The maximum Gasteiger partial charge on any atom is 0.225 e. The molecule has 1 unspecified atom stereocenters. The summed E-state index contributed by atoms with van der Waals surface area (Å²) in [6.07, 6.45) is 7.33. The summed E-state index contributed by atoms with van der Waals surface area (Å²) in [6.45, 7) is 1.14. The summed E-state index contributed by atoms with van der Waals surface area (Å²) in [6, 6.07) is 0.0431. The molecule has 0 aromatic carbocycles. The SMILES string of the molecule is CS(=O)(=O)NCC1CCCCN1C(=O)C1CCC1. The van der Waals surface area contributed by atoms with Crippen LogP contribution in [0.2, 0.25) is 0 Å². The van der Waals surface area contributed by atoms with Gasteiger partial charge in [0.05, 0.1) is 6.26 Å². The normalized spacial score (nSPS) is 25.8. The van der Waals surface area contributed by atoms with Crippen molar-refractivity contribution in [2.75, 3.05) is 19.3 Å². The van der Waals surface area contributed by atoms with E-state index in [1.807, 2.05) is 4.90 Å². The second-order valence-corrected chi connectivity index (χ2v) is 7.26. The highest BCUT2D eigenvalue weighted by Crippen LogP contribution is 2.30. The fourth-order valence-electron chi connectivity index (χ4n) is 2.64. The van der Waals surface area contributed by atoms with E-state index in [1.165, 1.54) is 0 Å². The van der Waals surface area contributed by atoms with Crippen LogP contribution in [-0.4, -0.2) is 44.6 Å². The van der Waals surface area contributed by atoms with Gasteiger partial charge >= 0.3 is 0 Å². The van der Waals surface area contributed by atoms with Crippen molar-refractivity contribution in [2.24, 2.45) is 5.92 Å². The molecule has 1 aliphatic heterocycles. The summed E-state index contributed by atoms with van der Waals surface area (Å²) in [4.78, 5) is 14.2. The third kappa shape index (κ3) is 3.45. The molecule has 0 spiro atoms. The van der Waals surface area contributed by atoms with Crippen LogP contribution in [0.4, 0.5) is 0 Å². The molecule has 5 nitrogen and oxygen atoms in total. The monoisotopic (exact) mass is 274 g/mol. The average molecular weight is 274 g/mol. The molecule has 1 saturated carbocycles. The zero-order valence-corrected chi connectivity index (χ0v) is 11.7. The molecule has 0 aromatic rings. The van der Waals surface area contributed by atoms with Gasteiger partial charge in [-0.3, -0.25) is 4.79 Å². The minimum Gasteiger partial charge on any atom is -0.338 e. The van der Waals surface area contributed by atoms with Crippen LogP contribution in [0.5, 0.6) is 0 Å². The number of carbonyl (C=O) groups is 1. The van der Waals surface area contributed by atoms with Gasteiger partial charge in [0.25, 0.3) is 0 Å². The van der Waals surface area contributed by atoms with E-state index in [0.717, 1.165) is 51.3 Å². The first kappa shape index (κ1) is 13.8. The predicted molar refractivity (Wildman–Crippen MR) is 69.5 cm³/mol. The Morgan fingerprint density at radius 1 is 1.22 bits per heavy atom. The number of carbonyl (C=O) groups excluding carboxylic acids is 1. The molecular formula is C12H22N2O3S. The van der Waals surface area contributed by atoms with E-state index >= 15 is 0 Å². The van der Waals surface area contributed by atoms with Crippen molar-refractivity contribution in [3.63, 3.8) is 0 Å². The first-order valence-electron chi connectivity index (χ1n) is 6.72. The minimum absolute atomic E-state index is 0.0431. The van der Waals surface area contributed by atoms with Gasteiger partial charge in [0.15, 0.2) is 0 Å². The lowest BCUT2D eigenvalue weighted by molar-refractivity contribution is -0.141. The second kappa shape index (κ2) is 5.57. The lowest BCUT2D eigenvalue weighted by Gasteiger charge is -2.39. The van der Waals surface area contributed by atoms with Gasteiger partial charge in [0.1, 0.15) is 0 Å². The Kier molecular flexibility index (Phi) is 4.27. The molecule has 1 saturated heterocycles. The number of likely N-dealkylation sites (tertiary alicyclic amines) is 1. The summed E-state index contributed by atoms with van der Waals surface area (Å²) in [5, 5.41) is 0. The van der Waals surface area contributed by atoms with E-state index < -0.39 is 10.0 Å². The fourth-order valence-corrected chi connectivity index (χ4v) is 3.14. The Morgan fingerprint density at radius 3 is 2.50 bits per heavy atom. The van der Waals surface area contributed by atoms with Gasteiger partial charge in [-0.25, -0.2) is 13.1 Å². The molecule has 0 bridgehead atoms. The summed E-state index contributed by atoms with van der Waals surface area (Å²) in [5.74, 6) is 0.435. The van der Waals surface area contributed by atoms with Crippen molar-refractivity contribution in [3.05, 3.63) is 0 Å². The number of nitrogens with one attached hydrogen (secondary N) is 1. The number of hydrogen-bond acceptors (Lipinski definition) is 3. The summed E-state index contributed by atoms with van der Waals surface area (Å²) in [7, 11) is -3.17. The zero-order chi connectivity index (χ0) is 13.2. The van der Waals surface area contributed by atoms with Gasteiger partial charge in [-0.2, -0.15) is 0 Å². The standard InChI is InChI=1S/C12H22N2O3S/c1-18(16,17)13-9-11-7-2-3-8-14(11)12(15)10-5-4-6-10/h10-11,13H,2-9H2,1H3. The van der Waals surface area contributed by atoms with Crippen molar-refractivity contribution in [3.8, 4) is 0 Å². The molecule has 0 aromatic heterocycles. The number of rotatable bonds is 4. The third-order valence-corrected chi connectivity index (χ3v) is 4.64. The number of amides is 1. The second-order valence-electron chi connectivity index (χ2n) is 5.43. The molecule has 1 atom stereocenters. The van der Waals surface area contributed by atoms with Crippen molar-refractivity contribution in [1.29, 1.82) is 0 Å². The predicted octanol–water partition coefficient (Wildman–Crippen LogP) is 0.717. The van der Waals surface area contributed by atoms with E-state index in [-0.39, 0.29) is 17.9 Å².